The highest BCUT2D eigenvalue weighted by molar-refractivity contribution is 5.42. The van der Waals surface area contributed by atoms with Gasteiger partial charge in [-0.25, -0.2) is 0 Å². The summed E-state index contributed by atoms with van der Waals surface area (Å²) in [4.78, 5) is 0. The third-order valence-electron chi connectivity index (χ3n) is 2.76. The highest BCUT2D eigenvalue weighted by Gasteiger charge is 2.11. The number of rotatable bonds is 5. The maximum Gasteiger partial charge on any atom is 0.174 e. The quantitative estimate of drug-likeness (QED) is 0.896. The molecular weight excluding hydrogens is 244 g/mol. The first-order chi connectivity index (χ1) is 9.10. The van der Waals surface area contributed by atoms with Crippen molar-refractivity contribution < 1.29 is 14.0 Å². The van der Waals surface area contributed by atoms with Crippen molar-refractivity contribution in [3.63, 3.8) is 0 Å². The smallest absolute Gasteiger partial charge is 0.174 e. The minimum Gasteiger partial charge on any atom is -0.497 e. The van der Waals surface area contributed by atoms with E-state index in [0.717, 1.165) is 17.0 Å². The van der Waals surface area contributed by atoms with Gasteiger partial charge in [-0.2, -0.15) is 0 Å². The third-order valence-corrected chi connectivity index (χ3v) is 2.76. The molecule has 1 aromatic carbocycles. The number of nitrogens with zero attached hydrogens (tertiary/aromatic N) is 1. The molecule has 1 aromatic heterocycles. The average Bonchev–Trinajstić information content (AvgIpc) is 2.81. The van der Waals surface area contributed by atoms with Crippen molar-refractivity contribution in [3.05, 3.63) is 41.3 Å². The summed E-state index contributed by atoms with van der Waals surface area (Å²) < 4.78 is 16.0. The average molecular weight is 262 g/mol. The molecule has 0 aliphatic carbocycles. The second-order valence-electron chi connectivity index (χ2n) is 4.42. The van der Waals surface area contributed by atoms with Crippen molar-refractivity contribution in [2.45, 2.75) is 26.5 Å². The first-order valence-electron chi connectivity index (χ1n) is 6.08. The molecular formula is C14H18N2O3. The number of hydrogen-bond acceptors (Lipinski definition) is 5. The van der Waals surface area contributed by atoms with E-state index >= 15 is 0 Å². The lowest BCUT2D eigenvalue weighted by Gasteiger charge is -2.14. The Hall–Kier alpha value is -2.01. The summed E-state index contributed by atoms with van der Waals surface area (Å²) in [5.74, 6) is 2.10. The number of aryl methyl sites for hydroxylation is 1. The van der Waals surface area contributed by atoms with Crippen LogP contribution in [0.3, 0.4) is 0 Å². The van der Waals surface area contributed by atoms with E-state index in [-0.39, 0.29) is 6.04 Å². The van der Waals surface area contributed by atoms with Crippen molar-refractivity contribution in [3.8, 4) is 11.5 Å². The van der Waals surface area contributed by atoms with E-state index < -0.39 is 0 Å². The van der Waals surface area contributed by atoms with Crippen LogP contribution in [0.4, 0.5) is 0 Å². The van der Waals surface area contributed by atoms with Crippen LogP contribution in [0.1, 0.15) is 30.0 Å². The lowest BCUT2D eigenvalue weighted by molar-refractivity contribution is 0.245. The molecule has 0 bridgehead atoms. The normalized spacial score (nSPS) is 12.2. The number of ether oxygens (including phenoxy) is 2. The molecule has 102 valence electrons. The minimum atomic E-state index is -0.114. The van der Waals surface area contributed by atoms with Gasteiger partial charge in [0.25, 0.3) is 0 Å². The van der Waals surface area contributed by atoms with E-state index in [2.05, 4.69) is 5.16 Å². The molecule has 0 radical (unpaired) electrons. The Balaban J connectivity index is 2.17. The molecule has 1 atom stereocenters. The van der Waals surface area contributed by atoms with Crippen molar-refractivity contribution >= 4 is 0 Å². The molecule has 2 aromatic rings. The van der Waals surface area contributed by atoms with Crippen LogP contribution in [0.15, 0.2) is 28.8 Å². The summed E-state index contributed by atoms with van der Waals surface area (Å²) in [7, 11) is 1.62. The van der Waals surface area contributed by atoms with Crippen LogP contribution in [-0.2, 0) is 6.61 Å². The Morgan fingerprint density at radius 2 is 2.16 bits per heavy atom. The van der Waals surface area contributed by atoms with E-state index in [1.54, 1.807) is 7.11 Å². The third kappa shape index (κ3) is 3.26. The molecule has 0 amide bonds. The zero-order chi connectivity index (χ0) is 13.8. The van der Waals surface area contributed by atoms with Gasteiger partial charge < -0.3 is 19.7 Å². The highest BCUT2D eigenvalue weighted by atomic mass is 16.5. The summed E-state index contributed by atoms with van der Waals surface area (Å²) >= 11 is 0. The van der Waals surface area contributed by atoms with Crippen molar-refractivity contribution in [2.24, 2.45) is 5.73 Å². The van der Waals surface area contributed by atoms with Gasteiger partial charge in [-0.1, -0.05) is 11.2 Å². The van der Waals surface area contributed by atoms with E-state index in [1.807, 2.05) is 38.1 Å². The second-order valence-corrected chi connectivity index (χ2v) is 4.42. The first kappa shape index (κ1) is 13.4. The highest BCUT2D eigenvalue weighted by Crippen LogP contribution is 2.29. The van der Waals surface area contributed by atoms with Gasteiger partial charge in [0.15, 0.2) is 5.76 Å². The van der Waals surface area contributed by atoms with Crippen LogP contribution in [0.5, 0.6) is 11.5 Å². The predicted octanol–water partition coefficient (Wildman–Crippen LogP) is 2.59. The first-order valence-corrected chi connectivity index (χ1v) is 6.08. The lowest BCUT2D eigenvalue weighted by atomic mass is 10.1. The molecule has 0 fully saturated rings. The van der Waals surface area contributed by atoms with E-state index in [0.29, 0.717) is 18.1 Å². The Labute approximate surface area is 112 Å². The van der Waals surface area contributed by atoms with Crippen LogP contribution >= 0.6 is 0 Å². The second kappa shape index (κ2) is 5.75. The molecule has 0 aliphatic heterocycles. The number of methoxy groups -OCH3 is 1. The molecule has 5 nitrogen and oxygen atoms in total. The van der Waals surface area contributed by atoms with Crippen LogP contribution in [-0.4, -0.2) is 12.3 Å². The molecule has 1 heterocycles. The number of aromatic nitrogens is 1. The van der Waals surface area contributed by atoms with Gasteiger partial charge in [0.2, 0.25) is 0 Å². The fraction of sp³-hybridized carbons (Fsp3) is 0.357. The van der Waals surface area contributed by atoms with Gasteiger partial charge in [-0.05, 0) is 19.9 Å². The van der Waals surface area contributed by atoms with Gasteiger partial charge in [0.05, 0.1) is 12.8 Å². The van der Waals surface area contributed by atoms with Gasteiger partial charge in [0.1, 0.15) is 18.1 Å². The fourth-order valence-corrected chi connectivity index (χ4v) is 1.78. The van der Waals surface area contributed by atoms with Crippen molar-refractivity contribution in [2.75, 3.05) is 7.11 Å². The zero-order valence-electron chi connectivity index (χ0n) is 11.3. The Morgan fingerprint density at radius 3 is 2.74 bits per heavy atom. The fourth-order valence-electron chi connectivity index (χ4n) is 1.78. The molecule has 0 spiro atoms. The molecule has 2 N–H and O–H groups in total. The van der Waals surface area contributed by atoms with Crippen LogP contribution in [0.25, 0.3) is 0 Å². The number of hydrogen-bond donors (Lipinski definition) is 1. The maximum absolute atomic E-state index is 5.92. The summed E-state index contributed by atoms with van der Waals surface area (Å²) in [5, 5.41) is 3.82. The summed E-state index contributed by atoms with van der Waals surface area (Å²) in [6.07, 6.45) is 0. The van der Waals surface area contributed by atoms with Gasteiger partial charge in [-0.15, -0.1) is 0 Å². The molecule has 0 aliphatic rings. The lowest BCUT2D eigenvalue weighted by Crippen LogP contribution is -2.08. The zero-order valence-corrected chi connectivity index (χ0v) is 11.3. The minimum absolute atomic E-state index is 0.114. The Morgan fingerprint density at radius 1 is 1.37 bits per heavy atom. The maximum atomic E-state index is 5.92. The SMILES string of the molecule is COc1ccc([C@@H](C)N)c(OCc2cc(C)no2)c1. The van der Waals surface area contributed by atoms with Crippen LogP contribution < -0.4 is 15.2 Å². The molecule has 0 saturated heterocycles. The monoisotopic (exact) mass is 262 g/mol. The summed E-state index contributed by atoms with van der Waals surface area (Å²) in [6.45, 7) is 4.09. The number of benzene rings is 1. The topological polar surface area (TPSA) is 70.5 Å². The van der Waals surface area contributed by atoms with Gasteiger partial charge in [0, 0.05) is 23.7 Å². The van der Waals surface area contributed by atoms with Crippen LogP contribution in [0, 0.1) is 6.92 Å². The largest absolute Gasteiger partial charge is 0.497 e. The molecule has 19 heavy (non-hydrogen) atoms. The Kier molecular flexibility index (Phi) is 4.06. The molecule has 5 heteroatoms. The van der Waals surface area contributed by atoms with Gasteiger partial charge >= 0.3 is 0 Å². The standard InChI is InChI=1S/C14H18N2O3/c1-9-6-12(19-16-9)8-18-14-7-11(17-3)4-5-13(14)10(2)15/h4-7,10H,8,15H2,1-3H3/t10-/m1/s1. The van der Waals surface area contributed by atoms with Crippen LogP contribution in [0.2, 0.25) is 0 Å². The molecule has 0 saturated carbocycles. The molecule has 2 rings (SSSR count). The van der Waals surface area contributed by atoms with E-state index in [1.165, 1.54) is 0 Å². The number of nitrogens with two attached hydrogens (primary N) is 1. The van der Waals surface area contributed by atoms with Gasteiger partial charge in [-0.3, -0.25) is 0 Å². The van der Waals surface area contributed by atoms with E-state index in [9.17, 15) is 0 Å². The predicted molar refractivity (Wildman–Crippen MR) is 71.2 cm³/mol. The van der Waals surface area contributed by atoms with Crippen molar-refractivity contribution in [1.82, 2.24) is 5.16 Å². The van der Waals surface area contributed by atoms with Crippen molar-refractivity contribution in [1.29, 1.82) is 0 Å². The van der Waals surface area contributed by atoms with E-state index in [4.69, 9.17) is 19.7 Å². The molecule has 0 unspecified atom stereocenters. The Bertz CT molecular complexity index is 549. The summed E-state index contributed by atoms with van der Waals surface area (Å²) in [5.41, 5.74) is 7.68. The summed E-state index contributed by atoms with van der Waals surface area (Å²) in [6, 6.07) is 7.32.